The van der Waals surface area contributed by atoms with Crippen molar-refractivity contribution >= 4 is 11.7 Å². The van der Waals surface area contributed by atoms with E-state index in [2.05, 4.69) is 27.8 Å². The molecule has 1 aliphatic heterocycles. The van der Waals surface area contributed by atoms with E-state index in [0.717, 1.165) is 12.8 Å². The molecule has 2 heterocycles. The van der Waals surface area contributed by atoms with Crippen LogP contribution in [0.25, 0.3) is 0 Å². The molecular formula is C20H25N3O3. The molecule has 2 N–H and O–H groups in total. The van der Waals surface area contributed by atoms with Crippen LogP contribution in [0.1, 0.15) is 25.3 Å². The van der Waals surface area contributed by atoms with Crippen molar-refractivity contribution in [3.8, 4) is 5.88 Å². The van der Waals surface area contributed by atoms with Gasteiger partial charge in [0.2, 0.25) is 5.88 Å². The first-order chi connectivity index (χ1) is 12.7. The summed E-state index contributed by atoms with van der Waals surface area (Å²) >= 11 is 0. The van der Waals surface area contributed by atoms with Gasteiger partial charge in [0, 0.05) is 31.4 Å². The minimum atomic E-state index is -0.263. The number of amides is 2. The topological polar surface area (TPSA) is 72.5 Å². The lowest BCUT2D eigenvalue weighted by atomic mass is 9.74. The Labute approximate surface area is 153 Å². The summed E-state index contributed by atoms with van der Waals surface area (Å²) in [7, 11) is 0. The van der Waals surface area contributed by atoms with Crippen molar-refractivity contribution in [1.82, 2.24) is 10.3 Å². The molecule has 0 spiro atoms. The Kier molecular flexibility index (Phi) is 6.07. The molecule has 1 aromatic carbocycles. The summed E-state index contributed by atoms with van der Waals surface area (Å²) < 4.78 is 11.0. The first-order valence-corrected chi connectivity index (χ1v) is 8.99. The van der Waals surface area contributed by atoms with Crippen molar-refractivity contribution in [2.45, 2.75) is 25.2 Å². The van der Waals surface area contributed by atoms with E-state index in [1.54, 1.807) is 18.3 Å². The summed E-state index contributed by atoms with van der Waals surface area (Å²) in [5.74, 6) is 0.425. The number of ether oxygens (including phenoxy) is 2. The third-order valence-corrected chi connectivity index (χ3v) is 4.72. The molecule has 1 saturated heterocycles. The standard InChI is InChI=1S/C20H25N3O3/c1-2-26-18-17(9-6-12-21-18)23-19(24)22-15-20(10-13-25-14-11-20)16-7-4-3-5-8-16/h3-9,12H,2,10-11,13-15H2,1H3,(H2,22,23,24). The summed E-state index contributed by atoms with van der Waals surface area (Å²) in [6, 6.07) is 13.6. The van der Waals surface area contributed by atoms with Crippen LogP contribution in [0, 0.1) is 0 Å². The summed E-state index contributed by atoms with van der Waals surface area (Å²) in [5, 5.41) is 5.86. The summed E-state index contributed by atoms with van der Waals surface area (Å²) in [6.45, 7) is 4.33. The highest BCUT2D eigenvalue weighted by atomic mass is 16.5. The average molecular weight is 355 g/mol. The molecule has 1 aromatic heterocycles. The fourth-order valence-electron chi connectivity index (χ4n) is 3.28. The van der Waals surface area contributed by atoms with Gasteiger partial charge in [-0.2, -0.15) is 0 Å². The lowest BCUT2D eigenvalue weighted by Gasteiger charge is -2.38. The maximum Gasteiger partial charge on any atom is 0.319 e. The van der Waals surface area contributed by atoms with E-state index in [9.17, 15) is 4.79 Å². The van der Waals surface area contributed by atoms with Crippen LogP contribution in [0.2, 0.25) is 0 Å². The summed E-state index contributed by atoms with van der Waals surface area (Å²) in [6.07, 6.45) is 3.41. The highest BCUT2D eigenvalue weighted by molar-refractivity contribution is 5.90. The molecule has 0 atom stereocenters. The average Bonchev–Trinajstić information content (AvgIpc) is 2.70. The van der Waals surface area contributed by atoms with E-state index in [1.165, 1.54) is 5.56 Å². The number of carbonyl (C=O) groups excluding carboxylic acids is 1. The molecule has 0 radical (unpaired) electrons. The van der Waals surface area contributed by atoms with E-state index < -0.39 is 0 Å². The number of rotatable bonds is 6. The predicted octanol–water partition coefficient (Wildman–Crippen LogP) is 3.35. The summed E-state index contributed by atoms with van der Waals surface area (Å²) in [4.78, 5) is 16.6. The number of pyridine rings is 1. The van der Waals surface area contributed by atoms with Gasteiger partial charge in [-0.25, -0.2) is 9.78 Å². The second-order valence-corrected chi connectivity index (χ2v) is 6.36. The first-order valence-electron chi connectivity index (χ1n) is 8.99. The monoisotopic (exact) mass is 355 g/mol. The van der Waals surface area contributed by atoms with Gasteiger partial charge in [-0.1, -0.05) is 30.3 Å². The van der Waals surface area contributed by atoms with Crippen molar-refractivity contribution < 1.29 is 14.3 Å². The van der Waals surface area contributed by atoms with E-state index in [0.29, 0.717) is 37.9 Å². The Bertz CT molecular complexity index is 715. The van der Waals surface area contributed by atoms with Gasteiger partial charge < -0.3 is 20.1 Å². The Morgan fingerprint density at radius 1 is 1.19 bits per heavy atom. The van der Waals surface area contributed by atoms with Crippen molar-refractivity contribution in [3.63, 3.8) is 0 Å². The van der Waals surface area contributed by atoms with E-state index in [1.807, 2.05) is 25.1 Å². The summed E-state index contributed by atoms with van der Waals surface area (Å²) in [5.41, 5.74) is 1.70. The molecule has 26 heavy (non-hydrogen) atoms. The fourth-order valence-corrected chi connectivity index (χ4v) is 3.28. The van der Waals surface area contributed by atoms with Crippen LogP contribution >= 0.6 is 0 Å². The third kappa shape index (κ3) is 4.32. The lowest BCUT2D eigenvalue weighted by molar-refractivity contribution is 0.0508. The van der Waals surface area contributed by atoms with Crippen LogP contribution < -0.4 is 15.4 Å². The minimum absolute atomic E-state index is 0.103. The van der Waals surface area contributed by atoms with Gasteiger partial charge in [-0.05, 0) is 37.5 Å². The molecule has 3 rings (SSSR count). The second-order valence-electron chi connectivity index (χ2n) is 6.36. The molecular weight excluding hydrogens is 330 g/mol. The number of hydrogen-bond acceptors (Lipinski definition) is 4. The van der Waals surface area contributed by atoms with E-state index in [-0.39, 0.29) is 11.4 Å². The van der Waals surface area contributed by atoms with Crippen LogP contribution in [-0.2, 0) is 10.2 Å². The Morgan fingerprint density at radius 3 is 2.69 bits per heavy atom. The minimum Gasteiger partial charge on any atom is -0.476 e. The third-order valence-electron chi connectivity index (χ3n) is 4.72. The number of anilines is 1. The van der Waals surface area contributed by atoms with Crippen molar-refractivity contribution in [3.05, 3.63) is 54.2 Å². The number of benzene rings is 1. The number of aromatic nitrogens is 1. The van der Waals surface area contributed by atoms with Gasteiger partial charge in [0.15, 0.2) is 0 Å². The number of nitrogens with one attached hydrogen (secondary N) is 2. The molecule has 1 aliphatic rings. The zero-order valence-electron chi connectivity index (χ0n) is 15.0. The predicted molar refractivity (Wildman–Crippen MR) is 101 cm³/mol. The molecule has 0 saturated carbocycles. The van der Waals surface area contributed by atoms with Gasteiger partial charge in [-0.3, -0.25) is 0 Å². The van der Waals surface area contributed by atoms with Crippen LogP contribution in [0.5, 0.6) is 5.88 Å². The second kappa shape index (κ2) is 8.67. The molecule has 6 nitrogen and oxygen atoms in total. The fraction of sp³-hybridized carbons (Fsp3) is 0.400. The number of nitrogens with zero attached hydrogens (tertiary/aromatic N) is 1. The first kappa shape index (κ1) is 18.2. The molecule has 1 fully saturated rings. The normalized spacial score (nSPS) is 15.9. The molecule has 2 aromatic rings. The molecule has 0 unspecified atom stereocenters. The highest BCUT2D eigenvalue weighted by Gasteiger charge is 2.34. The van der Waals surface area contributed by atoms with Gasteiger partial charge in [-0.15, -0.1) is 0 Å². The van der Waals surface area contributed by atoms with Gasteiger partial charge in [0.05, 0.1) is 6.61 Å². The SMILES string of the molecule is CCOc1ncccc1NC(=O)NCC1(c2ccccc2)CCOCC1. The Hall–Kier alpha value is -2.60. The van der Waals surface area contributed by atoms with E-state index in [4.69, 9.17) is 9.47 Å². The van der Waals surface area contributed by atoms with Crippen LogP contribution in [0.15, 0.2) is 48.7 Å². The van der Waals surface area contributed by atoms with Crippen LogP contribution in [0.4, 0.5) is 10.5 Å². The largest absolute Gasteiger partial charge is 0.476 e. The molecule has 138 valence electrons. The Morgan fingerprint density at radius 2 is 1.96 bits per heavy atom. The van der Waals surface area contributed by atoms with Crippen molar-refractivity contribution in [1.29, 1.82) is 0 Å². The Balaban J connectivity index is 1.67. The number of carbonyl (C=O) groups is 1. The molecule has 2 amide bonds. The lowest BCUT2D eigenvalue weighted by Crippen LogP contribution is -2.45. The van der Waals surface area contributed by atoms with Crippen LogP contribution in [0.3, 0.4) is 0 Å². The number of hydrogen-bond donors (Lipinski definition) is 2. The quantitative estimate of drug-likeness (QED) is 0.833. The van der Waals surface area contributed by atoms with Crippen molar-refractivity contribution in [2.24, 2.45) is 0 Å². The maximum atomic E-state index is 12.4. The molecule has 0 aliphatic carbocycles. The number of urea groups is 1. The van der Waals surface area contributed by atoms with Crippen LogP contribution in [-0.4, -0.2) is 37.4 Å². The molecule has 0 bridgehead atoms. The van der Waals surface area contributed by atoms with Crippen molar-refractivity contribution in [2.75, 3.05) is 31.7 Å². The van der Waals surface area contributed by atoms with E-state index >= 15 is 0 Å². The van der Waals surface area contributed by atoms with Gasteiger partial charge in [0.25, 0.3) is 0 Å². The zero-order valence-corrected chi connectivity index (χ0v) is 15.0. The van der Waals surface area contributed by atoms with Gasteiger partial charge in [0.1, 0.15) is 5.69 Å². The smallest absolute Gasteiger partial charge is 0.319 e. The van der Waals surface area contributed by atoms with Gasteiger partial charge >= 0.3 is 6.03 Å². The maximum absolute atomic E-state index is 12.4. The molecule has 6 heteroatoms. The highest BCUT2D eigenvalue weighted by Crippen LogP contribution is 2.34. The zero-order chi connectivity index (χ0) is 18.2.